The highest BCUT2D eigenvalue weighted by molar-refractivity contribution is 6.30. The van der Waals surface area contributed by atoms with E-state index in [1.807, 2.05) is 42.5 Å². The van der Waals surface area contributed by atoms with Gasteiger partial charge in [-0.05, 0) is 48.5 Å². The van der Waals surface area contributed by atoms with Crippen LogP contribution in [0.1, 0.15) is 5.56 Å². The number of anilines is 2. The fourth-order valence-corrected chi connectivity index (χ4v) is 2.79. The summed E-state index contributed by atoms with van der Waals surface area (Å²) in [5.41, 5.74) is 5.68. The maximum atomic E-state index is 10.9. The molecule has 1 aliphatic rings. The van der Waals surface area contributed by atoms with E-state index in [-0.39, 0.29) is 5.69 Å². The number of non-ortho nitro benzene ring substituents is 1. The lowest BCUT2D eigenvalue weighted by Crippen LogP contribution is -2.44. The first-order valence-corrected chi connectivity index (χ1v) is 8.50. The zero-order chi connectivity index (χ0) is 18.8. The van der Waals surface area contributed by atoms with Gasteiger partial charge in [0.2, 0.25) is 0 Å². The smallest absolute Gasteiger partial charge is 0.259 e. The Morgan fingerprint density at radius 1 is 0.889 bits per heavy atom. The molecule has 0 fully saturated rings. The minimum Gasteiger partial charge on any atom is -0.259 e. The summed E-state index contributed by atoms with van der Waals surface area (Å²) in [4.78, 5) is 10.5. The Morgan fingerprint density at radius 2 is 1.56 bits per heavy atom. The number of nitrogens with zero attached hydrogens (tertiary/aromatic N) is 4. The largest absolute Gasteiger partial charge is 0.269 e. The van der Waals surface area contributed by atoms with Crippen molar-refractivity contribution < 1.29 is 4.92 Å². The predicted octanol–water partition coefficient (Wildman–Crippen LogP) is 4.36. The van der Waals surface area contributed by atoms with Crippen molar-refractivity contribution in [1.29, 1.82) is 0 Å². The quantitative estimate of drug-likeness (QED) is 0.538. The molecule has 0 aliphatic carbocycles. The second-order valence-electron chi connectivity index (χ2n) is 5.78. The topological polar surface area (TPSA) is 74.0 Å². The normalized spacial score (nSPS) is 13.3. The number of rotatable bonds is 4. The van der Waals surface area contributed by atoms with Crippen LogP contribution in [0.4, 0.5) is 17.1 Å². The molecule has 0 radical (unpaired) electrons. The van der Waals surface area contributed by atoms with Crippen LogP contribution in [-0.4, -0.2) is 10.8 Å². The van der Waals surface area contributed by atoms with Gasteiger partial charge < -0.3 is 0 Å². The molecule has 0 aromatic heterocycles. The summed E-state index contributed by atoms with van der Waals surface area (Å²) < 4.78 is 0. The fraction of sp³-hybridized carbons (Fsp3) is 0. The van der Waals surface area contributed by atoms with Crippen LogP contribution in [-0.2, 0) is 0 Å². The van der Waals surface area contributed by atoms with E-state index in [1.165, 1.54) is 12.1 Å². The molecule has 1 heterocycles. The molecule has 1 aliphatic heterocycles. The Kier molecular flexibility index (Phi) is 4.35. The number of para-hydroxylation sites is 1. The number of benzene rings is 3. The third-order valence-corrected chi connectivity index (χ3v) is 4.26. The van der Waals surface area contributed by atoms with Crippen LogP contribution in [0.15, 0.2) is 84.0 Å². The van der Waals surface area contributed by atoms with E-state index < -0.39 is 4.92 Å². The standard InChI is InChI=1S/C19H14ClN5O2/c20-15-8-6-14(7-9-15)19-21-23(16-4-2-1-3-5-16)24(22-19)17-10-12-18(13-11-17)25(26)27/h1-13H,(H,21,22). The van der Waals surface area contributed by atoms with E-state index in [0.29, 0.717) is 16.5 Å². The molecule has 0 unspecified atom stereocenters. The van der Waals surface area contributed by atoms with Crippen molar-refractivity contribution in [1.82, 2.24) is 5.43 Å². The van der Waals surface area contributed by atoms with Gasteiger partial charge in [0.25, 0.3) is 5.69 Å². The summed E-state index contributed by atoms with van der Waals surface area (Å²) >= 11 is 5.97. The zero-order valence-corrected chi connectivity index (χ0v) is 14.7. The molecule has 3 aromatic carbocycles. The second kappa shape index (κ2) is 6.97. The van der Waals surface area contributed by atoms with Gasteiger partial charge in [-0.1, -0.05) is 29.8 Å². The molecule has 0 saturated carbocycles. The van der Waals surface area contributed by atoms with E-state index in [2.05, 4.69) is 10.5 Å². The van der Waals surface area contributed by atoms with Crippen molar-refractivity contribution in [2.24, 2.45) is 5.10 Å². The molecule has 4 rings (SSSR count). The van der Waals surface area contributed by atoms with E-state index in [0.717, 1.165) is 11.3 Å². The van der Waals surface area contributed by atoms with Crippen LogP contribution in [0.2, 0.25) is 5.02 Å². The van der Waals surface area contributed by atoms with Crippen molar-refractivity contribution in [3.05, 3.63) is 99.6 Å². The molecule has 3 aromatic rings. The van der Waals surface area contributed by atoms with Crippen molar-refractivity contribution in [2.45, 2.75) is 0 Å². The van der Waals surface area contributed by atoms with Crippen LogP contribution in [0, 0.1) is 10.1 Å². The van der Waals surface area contributed by atoms with Crippen molar-refractivity contribution in [3.8, 4) is 0 Å². The highest BCUT2D eigenvalue weighted by Gasteiger charge is 2.26. The lowest BCUT2D eigenvalue weighted by atomic mass is 10.2. The molecule has 8 heteroatoms. The molecule has 0 amide bonds. The number of hydrazone groups is 1. The predicted molar refractivity (Wildman–Crippen MR) is 106 cm³/mol. The third-order valence-electron chi connectivity index (χ3n) is 4.01. The number of hydrogen-bond acceptors (Lipinski definition) is 6. The van der Waals surface area contributed by atoms with Crippen molar-refractivity contribution >= 4 is 34.5 Å². The van der Waals surface area contributed by atoms with Gasteiger partial charge in [0, 0.05) is 22.7 Å². The number of halogens is 1. The molecule has 0 saturated heterocycles. The maximum absolute atomic E-state index is 10.9. The van der Waals surface area contributed by atoms with E-state index in [9.17, 15) is 10.1 Å². The molecule has 134 valence electrons. The Morgan fingerprint density at radius 3 is 2.19 bits per heavy atom. The average Bonchev–Trinajstić information content (AvgIpc) is 3.15. The molecule has 0 atom stereocenters. The monoisotopic (exact) mass is 379 g/mol. The number of nitro benzene ring substituents is 1. The summed E-state index contributed by atoms with van der Waals surface area (Å²) in [5, 5.41) is 19.6. The third kappa shape index (κ3) is 3.40. The van der Waals surface area contributed by atoms with Crippen LogP contribution in [0.25, 0.3) is 0 Å². The first-order chi connectivity index (χ1) is 13.1. The lowest BCUT2D eigenvalue weighted by molar-refractivity contribution is -0.384. The van der Waals surface area contributed by atoms with Crippen LogP contribution in [0.3, 0.4) is 0 Å². The van der Waals surface area contributed by atoms with Gasteiger partial charge in [-0.2, -0.15) is 10.2 Å². The van der Waals surface area contributed by atoms with Gasteiger partial charge in [0.15, 0.2) is 5.84 Å². The number of hydrogen-bond donors (Lipinski definition) is 1. The van der Waals surface area contributed by atoms with Gasteiger partial charge in [-0.25, -0.2) is 0 Å². The van der Waals surface area contributed by atoms with E-state index in [1.54, 1.807) is 34.5 Å². The first-order valence-electron chi connectivity index (χ1n) is 8.13. The van der Waals surface area contributed by atoms with Crippen LogP contribution >= 0.6 is 11.6 Å². The van der Waals surface area contributed by atoms with Gasteiger partial charge in [0.05, 0.1) is 16.3 Å². The van der Waals surface area contributed by atoms with Gasteiger partial charge in [-0.15, -0.1) is 5.10 Å². The van der Waals surface area contributed by atoms with Crippen molar-refractivity contribution in [2.75, 3.05) is 10.2 Å². The number of nitrogens with one attached hydrogen (secondary N) is 1. The maximum Gasteiger partial charge on any atom is 0.269 e. The Hall–Kier alpha value is -3.58. The highest BCUT2D eigenvalue weighted by Crippen LogP contribution is 2.27. The number of nitro groups is 1. The summed E-state index contributed by atoms with van der Waals surface area (Å²) in [6.45, 7) is 0. The lowest BCUT2D eigenvalue weighted by Gasteiger charge is -2.27. The molecule has 1 N–H and O–H groups in total. The Balaban J connectivity index is 1.71. The Bertz CT molecular complexity index is 991. The van der Waals surface area contributed by atoms with Gasteiger partial charge in [0.1, 0.15) is 0 Å². The molecular weight excluding hydrogens is 366 g/mol. The van der Waals surface area contributed by atoms with Crippen molar-refractivity contribution in [3.63, 3.8) is 0 Å². The minimum atomic E-state index is -0.425. The first kappa shape index (κ1) is 16.9. The number of hydrazine groups is 2. The molecule has 0 bridgehead atoms. The van der Waals surface area contributed by atoms with Gasteiger partial charge in [-0.3, -0.25) is 15.5 Å². The SMILES string of the molecule is O=[N+]([O-])c1ccc(N2NC(c3ccc(Cl)cc3)=NN2c2ccccc2)cc1. The average molecular weight is 380 g/mol. The fourth-order valence-electron chi connectivity index (χ4n) is 2.66. The molecule has 0 spiro atoms. The summed E-state index contributed by atoms with van der Waals surface area (Å²) in [5.74, 6) is 0.633. The van der Waals surface area contributed by atoms with Crippen LogP contribution < -0.4 is 15.7 Å². The molecule has 7 nitrogen and oxygen atoms in total. The minimum absolute atomic E-state index is 0.0306. The Labute approximate surface area is 160 Å². The highest BCUT2D eigenvalue weighted by atomic mass is 35.5. The zero-order valence-electron chi connectivity index (χ0n) is 14.0. The summed E-state index contributed by atoms with van der Waals surface area (Å²) in [6, 6.07) is 23.2. The van der Waals surface area contributed by atoms with E-state index >= 15 is 0 Å². The summed E-state index contributed by atoms with van der Waals surface area (Å²) in [6.07, 6.45) is 0. The van der Waals surface area contributed by atoms with Crippen LogP contribution in [0.5, 0.6) is 0 Å². The molecular formula is C19H14ClN5O2. The molecule has 27 heavy (non-hydrogen) atoms. The van der Waals surface area contributed by atoms with Gasteiger partial charge >= 0.3 is 0 Å². The summed E-state index contributed by atoms with van der Waals surface area (Å²) in [7, 11) is 0. The second-order valence-corrected chi connectivity index (χ2v) is 6.21. The number of amidine groups is 1. The van der Waals surface area contributed by atoms with E-state index in [4.69, 9.17) is 11.6 Å².